The summed E-state index contributed by atoms with van der Waals surface area (Å²) in [6.45, 7) is 20.0. The molecule has 0 aliphatic carbocycles. The van der Waals surface area contributed by atoms with E-state index in [1.165, 1.54) is 32.7 Å². The highest BCUT2D eigenvalue weighted by atomic mass is 127. The number of nitrogens with one attached hydrogen (secondary N) is 2. The van der Waals surface area contributed by atoms with Crippen molar-refractivity contribution in [2.24, 2.45) is 10.9 Å². The summed E-state index contributed by atoms with van der Waals surface area (Å²) in [5.74, 6) is 1.53. The number of aliphatic imine (C=N–C) groups is 1. The molecule has 1 aliphatic heterocycles. The van der Waals surface area contributed by atoms with Crippen molar-refractivity contribution in [3.05, 3.63) is 0 Å². The van der Waals surface area contributed by atoms with Crippen LogP contribution in [0, 0.1) is 5.92 Å². The maximum atomic E-state index is 5.59. The van der Waals surface area contributed by atoms with Crippen molar-refractivity contribution < 1.29 is 4.74 Å². The van der Waals surface area contributed by atoms with Gasteiger partial charge in [0.15, 0.2) is 5.96 Å². The van der Waals surface area contributed by atoms with Gasteiger partial charge >= 0.3 is 0 Å². The molecule has 7 heteroatoms. The van der Waals surface area contributed by atoms with E-state index in [-0.39, 0.29) is 24.0 Å². The van der Waals surface area contributed by atoms with E-state index < -0.39 is 0 Å². The Bertz CT molecular complexity index is 333. The number of ether oxygens (including phenoxy) is 1. The Labute approximate surface area is 172 Å². The number of likely N-dealkylation sites (N-methyl/N-ethyl adjacent to an activating group) is 1. The van der Waals surface area contributed by atoms with Crippen LogP contribution in [0.3, 0.4) is 0 Å². The molecule has 0 atom stereocenters. The maximum Gasteiger partial charge on any atom is 0.191 e. The summed E-state index contributed by atoms with van der Waals surface area (Å²) in [4.78, 5) is 9.67. The standard InChI is InChI=1S/C18H39N5O.HI/c1-5-19-18(20-8-7-15-24-16-17(3)4)21-9-10-23-13-11-22(6-2)12-14-23;/h17H,5-16H2,1-4H3,(H2,19,20,21);1H. The van der Waals surface area contributed by atoms with E-state index in [9.17, 15) is 0 Å². The lowest BCUT2D eigenvalue weighted by Crippen LogP contribution is -2.49. The smallest absolute Gasteiger partial charge is 0.191 e. The Kier molecular flexibility index (Phi) is 16.0. The molecule has 0 saturated carbocycles. The van der Waals surface area contributed by atoms with Crippen molar-refractivity contribution in [2.75, 3.05) is 72.1 Å². The highest BCUT2D eigenvalue weighted by molar-refractivity contribution is 14.0. The molecule has 1 rings (SSSR count). The first-order valence-electron chi connectivity index (χ1n) is 9.70. The van der Waals surface area contributed by atoms with Crippen LogP contribution in [0.4, 0.5) is 0 Å². The van der Waals surface area contributed by atoms with Gasteiger partial charge in [0.25, 0.3) is 0 Å². The van der Waals surface area contributed by atoms with Gasteiger partial charge in [0.1, 0.15) is 0 Å². The van der Waals surface area contributed by atoms with Gasteiger partial charge in [-0.25, -0.2) is 0 Å². The van der Waals surface area contributed by atoms with Crippen molar-refractivity contribution in [3.8, 4) is 0 Å². The van der Waals surface area contributed by atoms with Gasteiger partial charge < -0.3 is 20.3 Å². The first kappa shape index (κ1) is 24.9. The van der Waals surface area contributed by atoms with Crippen LogP contribution in [0.15, 0.2) is 4.99 Å². The van der Waals surface area contributed by atoms with Crippen LogP contribution in [0.1, 0.15) is 34.1 Å². The lowest BCUT2D eigenvalue weighted by Gasteiger charge is -2.34. The molecule has 1 saturated heterocycles. The highest BCUT2D eigenvalue weighted by Gasteiger charge is 2.14. The number of nitrogens with zero attached hydrogens (tertiary/aromatic N) is 3. The van der Waals surface area contributed by atoms with Gasteiger partial charge in [-0.15, -0.1) is 24.0 Å². The van der Waals surface area contributed by atoms with E-state index in [4.69, 9.17) is 4.74 Å². The van der Waals surface area contributed by atoms with Gasteiger partial charge in [0, 0.05) is 65.6 Å². The predicted octanol–water partition coefficient (Wildman–Crippen LogP) is 1.86. The van der Waals surface area contributed by atoms with Crippen LogP contribution >= 0.6 is 24.0 Å². The Morgan fingerprint density at radius 1 is 1.08 bits per heavy atom. The second kappa shape index (κ2) is 16.1. The molecule has 0 aromatic carbocycles. The minimum absolute atomic E-state index is 0. The number of rotatable bonds is 11. The molecule has 25 heavy (non-hydrogen) atoms. The Balaban J connectivity index is 0.00000576. The number of guanidine groups is 1. The Morgan fingerprint density at radius 3 is 2.36 bits per heavy atom. The minimum atomic E-state index is 0. The van der Waals surface area contributed by atoms with Gasteiger partial charge in [-0.05, 0) is 25.8 Å². The fourth-order valence-electron chi connectivity index (χ4n) is 2.68. The molecule has 0 spiro atoms. The highest BCUT2D eigenvalue weighted by Crippen LogP contribution is 1.99. The number of hydrogen-bond acceptors (Lipinski definition) is 4. The third kappa shape index (κ3) is 12.8. The molecule has 150 valence electrons. The molecular weight excluding hydrogens is 429 g/mol. The zero-order chi connectivity index (χ0) is 17.6. The Hall–Kier alpha value is -0.120. The number of hydrogen-bond donors (Lipinski definition) is 2. The zero-order valence-corrected chi connectivity index (χ0v) is 19.1. The molecule has 1 aliphatic rings. The lowest BCUT2D eigenvalue weighted by molar-refractivity contribution is 0.109. The van der Waals surface area contributed by atoms with E-state index >= 15 is 0 Å². The summed E-state index contributed by atoms with van der Waals surface area (Å²) in [5, 5.41) is 6.76. The predicted molar refractivity (Wildman–Crippen MR) is 118 cm³/mol. The summed E-state index contributed by atoms with van der Waals surface area (Å²) in [6.07, 6.45) is 0.974. The summed E-state index contributed by atoms with van der Waals surface area (Å²) in [6, 6.07) is 0. The average molecular weight is 469 g/mol. The van der Waals surface area contributed by atoms with Crippen molar-refractivity contribution >= 4 is 29.9 Å². The second-order valence-corrected chi connectivity index (χ2v) is 6.79. The van der Waals surface area contributed by atoms with Crippen LogP contribution in [0.2, 0.25) is 0 Å². The molecule has 0 aromatic heterocycles. The molecule has 0 amide bonds. The molecule has 0 radical (unpaired) electrons. The molecule has 1 heterocycles. The molecule has 0 aromatic rings. The van der Waals surface area contributed by atoms with Crippen LogP contribution < -0.4 is 10.6 Å². The summed E-state index contributed by atoms with van der Waals surface area (Å²) < 4.78 is 5.59. The molecule has 0 bridgehead atoms. The lowest BCUT2D eigenvalue weighted by atomic mass is 10.2. The zero-order valence-electron chi connectivity index (χ0n) is 16.7. The van der Waals surface area contributed by atoms with Gasteiger partial charge in [0.2, 0.25) is 0 Å². The third-order valence-electron chi connectivity index (χ3n) is 4.14. The van der Waals surface area contributed by atoms with E-state index in [1.54, 1.807) is 0 Å². The molecular formula is C18H40IN5O. The van der Waals surface area contributed by atoms with Crippen molar-refractivity contribution in [1.82, 2.24) is 20.4 Å². The van der Waals surface area contributed by atoms with Crippen molar-refractivity contribution in [3.63, 3.8) is 0 Å². The second-order valence-electron chi connectivity index (χ2n) is 6.79. The fourth-order valence-corrected chi connectivity index (χ4v) is 2.68. The Morgan fingerprint density at radius 2 is 1.76 bits per heavy atom. The van der Waals surface area contributed by atoms with Gasteiger partial charge in [-0.2, -0.15) is 0 Å². The van der Waals surface area contributed by atoms with Crippen LogP contribution in [-0.4, -0.2) is 87.9 Å². The monoisotopic (exact) mass is 469 g/mol. The van der Waals surface area contributed by atoms with Crippen LogP contribution in [-0.2, 0) is 4.74 Å². The number of piperazine rings is 1. The largest absolute Gasteiger partial charge is 0.381 e. The van der Waals surface area contributed by atoms with Gasteiger partial charge in [0.05, 0.1) is 0 Å². The van der Waals surface area contributed by atoms with Crippen molar-refractivity contribution in [2.45, 2.75) is 34.1 Å². The van der Waals surface area contributed by atoms with Crippen molar-refractivity contribution in [1.29, 1.82) is 0 Å². The van der Waals surface area contributed by atoms with E-state index in [0.717, 1.165) is 51.8 Å². The van der Waals surface area contributed by atoms with E-state index in [2.05, 4.69) is 53.1 Å². The SMILES string of the molecule is CCNC(=NCCCOCC(C)C)NCCN1CCN(CC)CC1.I. The van der Waals surface area contributed by atoms with Crippen LogP contribution in [0.25, 0.3) is 0 Å². The van der Waals surface area contributed by atoms with Crippen LogP contribution in [0.5, 0.6) is 0 Å². The minimum Gasteiger partial charge on any atom is -0.381 e. The molecule has 1 fully saturated rings. The fraction of sp³-hybridized carbons (Fsp3) is 0.944. The summed E-state index contributed by atoms with van der Waals surface area (Å²) >= 11 is 0. The van der Waals surface area contributed by atoms with E-state index in [0.29, 0.717) is 5.92 Å². The summed E-state index contributed by atoms with van der Waals surface area (Å²) in [7, 11) is 0. The topological polar surface area (TPSA) is 52.1 Å². The first-order valence-corrected chi connectivity index (χ1v) is 9.70. The van der Waals surface area contributed by atoms with E-state index in [1.807, 2.05) is 0 Å². The molecule has 6 nitrogen and oxygen atoms in total. The average Bonchev–Trinajstić information content (AvgIpc) is 2.58. The maximum absolute atomic E-state index is 5.59. The first-order chi connectivity index (χ1) is 11.7. The molecule has 2 N–H and O–H groups in total. The van der Waals surface area contributed by atoms with Gasteiger partial charge in [-0.1, -0.05) is 20.8 Å². The third-order valence-corrected chi connectivity index (χ3v) is 4.14. The summed E-state index contributed by atoms with van der Waals surface area (Å²) in [5.41, 5.74) is 0. The van der Waals surface area contributed by atoms with Gasteiger partial charge in [-0.3, -0.25) is 9.89 Å². The normalized spacial score (nSPS) is 16.8. The quantitative estimate of drug-likeness (QED) is 0.210. The molecule has 0 unspecified atom stereocenters. The number of halogens is 1.